The van der Waals surface area contributed by atoms with Crippen LogP contribution in [0.1, 0.15) is 84.0 Å². The average Bonchev–Trinajstić information content (AvgIpc) is 3.36. The summed E-state index contributed by atoms with van der Waals surface area (Å²) < 4.78 is 0. The summed E-state index contributed by atoms with van der Waals surface area (Å²) >= 11 is 0.959. The molecule has 200 valence electrons. The van der Waals surface area contributed by atoms with Crippen molar-refractivity contribution >= 4 is 46.6 Å². The van der Waals surface area contributed by atoms with Gasteiger partial charge in [0.1, 0.15) is 0 Å². The van der Waals surface area contributed by atoms with E-state index >= 15 is 0 Å². The van der Waals surface area contributed by atoms with Gasteiger partial charge in [0.25, 0.3) is 17.1 Å². The minimum Gasteiger partial charge on any atom is -0.481 e. The van der Waals surface area contributed by atoms with E-state index in [2.05, 4.69) is 12.3 Å². The molecule has 2 heterocycles. The zero-order valence-corrected chi connectivity index (χ0v) is 21.7. The van der Waals surface area contributed by atoms with Crippen molar-refractivity contribution in [2.45, 2.75) is 84.0 Å². The third kappa shape index (κ3) is 9.75. The van der Waals surface area contributed by atoms with Crippen LogP contribution < -0.4 is 5.43 Å². The molecule has 10 nitrogen and oxygen atoms in total. The monoisotopic (exact) mass is 523 g/mol. The van der Waals surface area contributed by atoms with Crippen molar-refractivity contribution in [2.24, 2.45) is 11.8 Å². The lowest BCUT2D eigenvalue weighted by atomic mass is 9.90. The maximum atomic E-state index is 12.1. The van der Waals surface area contributed by atoms with Gasteiger partial charge in [-0.15, -0.1) is 0 Å². The maximum absolute atomic E-state index is 12.1. The first kappa shape index (κ1) is 29.5. The molecule has 2 aliphatic heterocycles. The van der Waals surface area contributed by atoms with Crippen molar-refractivity contribution in [3.63, 3.8) is 0 Å². The van der Waals surface area contributed by atoms with Crippen molar-refractivity contribution in [3.05, 3.63) is 12.2 Å². The van der Waals surface area contributed by atoms with Gasteiger partial charge in [0, 0.05) is 37.3 Å². The molecule has 1 aliphatic carbocycles. The van der Waals surface area contributed by atoms with Gasteiger partial charge in [0.15, 0.2) is 0 Å². The van der Waals surface area contributed by atoms with Crippen LogP contribution in [-0.4, -0.2) is 62.2 Å². The minimum atomic E-state index is -0.602. The minimum absolute atomic E-state index is 0.0289. The van der Waals surface area contributed by atoms with Crippen molar-refractivity contribution < 1.29 is 33.9 Å². The summed E-state index contributed by atoms with van der Waals surface area (Å²) in [5, 5.41) is 8.81. The van der Waals surface area contributed by atoms with Crippen LogP contribution in [0.2, 0.25) is 0 Å². The molecule has 0 bridgehead atoms. The number of thioether (sulfide) groups is 1. The van der Waals surface area contributed by atoms with Gasteiger partial charge >= 0.3 is 5.97 Å². The topological polar surface area (TPSA) is 141 Å². The number of rotatable bonds is 11. The first-order chi connectivity index (χ1) is 17.2. The van der Waals surface area contributed by atoms with Crippen LogP contribution >= 0.6 is 11.8 Å². The number of carbonyl (C=O) groups excluding carboxylic acids is 5. The Balaban J connectivity index is 0.000000425. The molecule has 2 fully saturated rings. The SMILES string of the molecule is CCCCCCC(CSC(=O)NN1C(=O)CCC1=O)CN1C(=O)C=CC1=O.O=C(O)C1CCCCC1. The first-order valence-corrected chi connectivity index (χ1v) is 13.8. The van der Waals surface area contributed by atoms with E-state index in [-0.39, 0.29) is 43.0 Å². The van der Waals surface area contributed by atoms with Gasteiger partial charge in [0.2, 0.25) is 11.8 Å². The third-order valence-corrected chi connectivity index (χ3v) is 7.46. The number of hydrogen-bond donors (Lipinski definition) is 2. The van der Waals surface area contributed by atoms with Gasteiger partial charge in [-0.2, -0.15) is 5.01 Å². The van der Waals surface area contributed by atoms with E-state index in [9.17, 15) is 28.8 Å². The molecule has 3 rings (SSSR count). The number of nitrogens with one attached hydrogen (secondary N) is 1. The van der Waals surface area contributed by atoms with Crippen LogP contribution in [0.3, 0.4) is 0 Å². The highest BCUT2D eigenvalue weighted by molar-refractivity contribution is 8.13. The van der Waals surface area contributed by atoms with Crippen molar-refractivity contribution in [3.8, 4) is 0 Å². The first-order valence-electron chi connectivity index (χ1n) is 12.8. The van der Waals surface area contributed by atoms with Gasteiger partial charge in [-0.3, -0.25) is 33.7 Å². The largest absolute Gasteiger partial charge is 0.481 e. The molecule has 2 N–H and O–H groups in total. The molecule has 5 amide bonds. The fraction of sp³-hybridized carbons (Fsp3) is 0.680. The second kappa shape index (κ2) is 15.4. The number of carboxylic acid groups (broad SMARTS) is 1. The lowest BCUT2D eigenvalue weighted by molar-refractivity contribution is -0.143. The molecule has 0 radical (unpaired) electrons. The van der Waals surface area contributed by atoms with Crippen molar-refractivity contribution in [2.75, 3.05) is 12.3 Å². The Kier molecular flexibility index (Phi) is 12.7. The zero-order valence-electron chi connectivity index (χ0n) is 20.9. The van der Waals surface area contributed by atoms with Crippen LogP contribution in [0, 0.1) is 11.8 Å². The number of unbranched alkanes of at least 4 members (excludes halogenated alkanes) is 3. The van der Waals surface area contributed by atoms with Crippen molar-refractivity contribution in [1.29, 1.82) is 0 Å². The molecule has 0 aromatic carbocycles. The van der Waals surface area contributed by atoms with Gasteiger partial charge in [-0.05, 0) is 25.2 Å². The summed E-state index contributed by atoms with van der Waals surface area (Å²) in [4.78, 5) is 70.3. The molecular weight excluding hydrogens is 486 g/mol. The van der Waals surface area contributed by atoms with E-state index in [1.807, 2.05) is 0 Å². The molecule has 1 saturated heterocycles. The summed E-state index contributed by atoms with van der Waals surface area (Å²) in [5.41, 5.74) is 2.32. The number of aliphatic carboxylic acids is 1. The quantitative estimate of drug-likeness (QED) is 0.309. The van der Waals surface area contributed by atoms with E-state index in [0.717, 1.165) is 74.6 Å². The molecule has 36 heavy (non-hydrogen) atoms. The summed E-state index contributed by atoms with van der Waals surface area (Å²) in [7, 11) is 0. The summed E-state index contributed by atoms with van der Waals surface area (Å²) in [6.07, 6.45) is 13.0. The zero-order chi connectivity index (χ0) is 26.5. The second-order valence-electron chi connectivity index (χ2n) is 9.34. The van der Waals surface area contributed by atoms with Crippen LogP contribution in [0.15, 0.2) is 12.2 Å². The summed E-state index contributed by atoms with van der Waals surface area (Å²) in [6, 6.07) is 0. The number of carbonyl (C=O) groups is 6. The van der Waals surface area contributed by atoms with Crippen LogP contribution in [-0.2, 0) is 24.0 Å². The molecule has 11 heteroatoms. The molecule has 0 aromatic rings. The third-order valence-electron chi connectivity index (χ3n) is 6.47. The predicted molar refractivity (Wildman–Crippen MR) is 134 cm³/mol. The number of amides is 5. The number of hydrogen-bond acceptors (Lipinski definition) is 7. The van der Waals surface area contributed by atoms with Gasteiger partial charge < -0.3 is 5.11 Å². The molecular formula is C25H37N3O7S. The lowest BCUT2D eigenvalue weighted by Gasteiger charge is -2.22. The van der Waals surface area contributed by atoms with E-state index in [1.54, 1.807) is 0 Å². The summed E-state index contributed by atoms with van der Waals surface area (Å²) in [5.74, 6) is -1.76. The molecule has 1 unspecified atom stereocenters. The highest BCUT2D eigenvalue weighted by Gasteiger charge is 2.31. The van der Waals surface area contributed by atoms with Crippen molar-refractivity contribution in [1.82, 2.24) is 15.3 Å². The van der Waals surface area contributed by atoms with E-state index in [4.69, 9.17) is 5.11 Å². The highest BCUT2D eigenvalue weighted by atomic mass is 32.2. The van der Waals surface area contributed by atoms with Gasteiger partial charge in [-0.1, -0.05) is 63.6 Å². The Labute approximate surface area is 216 Å². The van der Waals surface area contributed by atoms with Crippen LogP contribution in [0.25, 0.3) is 0 Å². The van der Waals surface area contributed by atoms with E-state index in [0.29, 0.717) is 5.75 Å². The Morgan fingerprint density at radius 1 is 1.00 bits per heavy atom. The fourth-order valence-electron chi connectivity index (χ4n) is 4.32. The predicted octanol–water partition coefficient (Wildman–Crippen LogP) is 3.66. The average molecular weight is 524 g/mol. The normalized spacial score (nSPS) is 18.9. The number of imide groups is 2. The molecule has 0 aromatic heterocycles. The van der Waals surface area contributed by atoms with Crippen LogP contribution in [0.5, 0.6) is 0 Å². The summed E-state index contributed by atoms with van der Waals surface area (Å²) in [6.45, 7) is 2.38. The molecule has 1 atom stereocenters. The Morgan fingerprint density at radius 2 is 1.61 bits per heavy atom. The number of carboxylic acids is 1. The Bertz CT molecular complexity index is 821. The lowest BCUT2D eigenvalue weighted by Crippen LogP contribution is -2.44. The molecule has 3 aliphatic rings. The van der Waals surface area contributed by atoms with Gasteiger partial charge in [0.05, 0.1) is 5.92 Å². The van der Waals surface area contributed by atoms with Gasteiger partial charge in [-0.25, -0.2) is 5.43 Å². The Hall–Kier alpha value is -2.69. The number of nitrogens with zero attached hydrogens (tertiary/aromatic N) is 2. The fourth-order valence-corrected chi connectivity index (χ4v) is 5.14. The van der Waals surface area contributed by atoms with E-state index in [1.165, 1.54) is 23.5 Å². The standard InChI is InChI=1S/C18H25N3O5S.C7H12O2/c1-2-3-4-5-6-13(11-20-14(22)7-8-15(20)23)12-27-18(26)19-21-16(24)9-10-17(21)25;8-7(9)6-4-2-1-3-5-6/h7-8,13H,2-6,9-12H2,1H3,(H,19,26);6H,1-5H2,(H,8,9). The van der Waals surface area contributed by atoms with E-state index < -0.39 is 23.0 Å². The Morgan fingerprint density at radius 3 is 2.14 bits per heavy atom. The second-order valence-corrected chi connectivity index (χ2v) is 10.3. The molecule has 0 spiro atoms. The van der Waals surface area contributed by atoms with Crippen LogP contribution in [0.4, 0.5) is 4.79 Å². The molecule has 1 saturated carbocycles. The highest BCUT2D eigenvalue weighted by Crippen LogP contribution is 2.23. The maximum Gasteiger partial charge on any atom is 0.306 e. The number of hydrazine groups is 1. The smallest absolute Gasteiger partial charge is 0.306 e.